The quantitative estimate of drug-likeness (QED) is 0.707. The second-order valence-corrected chi connectivity index (χ2v) is 5.14. The third-order valence-corrected chi connectivity index (χ3v) is 3.17. The molecule has 0 aromatic carbocycles. The Balaban J connectivity index is 3.99. The SMILES string of the molecule is CCNC(=O)C(C)NCC(C)(C)C(C)C. The second kappa shape index (κ2) is 6.11. The first-order chi connectivity index (χ1) is 6.81. The van der Waals surface area contributed by atoms with Gasteiger partial charge in [0.1, 0.15) is 0 Å². The van der Waals surface area contributed by atoms with Crippen LogP contribution in [0.1, 0.15) is 41.5 Å². The van der Waals surface area contributed by atoms with Gasteiger partial charge in [-0.25, -0.2) is 0 Å². The zero-order valence-corrected chi connectivity index (χ0v) is 11.0. The first kappa shape index (κ1) is 14.4. The average molecular weight is 214 g/mol. The van der Waals surface area contributed by atoms with E-state index in [4.69, 9.17) is 0 Å². The summed E-state index contributed by atoms with van der Waals surface area (Å²) in [5.41, 5.74) is 0.223. The van der Waals surface area contributed by atoms with Gasteiger partial charge in [-0.3, -0.25) is 4.79 Å². The van der Waals surface area contributed by atoms with Gasteiger partial charge in [-0.1, -0.05) is 27.7 Å². The van der Waals surface area contributed by atoms with Crippen molar-refractivity contribution in [3.63, 3.8) is 0 Å². The van der Waals surface area contributed by atoms with E-state index in [0.717, 1.165) is 6.54 Å². The Bertz CT molecular complexity index is 200. The average Bonchev–Trinajstić information content (AvgIpc) is 2.14. The Morgan fingerprint density at radius 3 is 2.20 bits per heavy atom. The molecule has 0 fully saturated rings. The molecule has 0 aliphatic heterocycles. The fraction of sp³-hybridized carbons (Fsp3) is 0.917. The van der Waals surface area contributed by atoms with Crippen LogP contribution >= 0.6 is 0 Å². The summed E-state index contributed by atoms with van der Waals surface area (Å²) >= 11 is 0. The Kier molecular flexibility index (Phi) is 5.88. The molecule has 15 heavy (non-hydrogen) atoms. The summed E-state index contributed by atoms with van der Waals surface area (Å²) in [6.45, 7) is 14.2. The van der Waals surface area contributed by atoms with Gasteiger partial charge < -0.3 is 10.6 Å². The van der Waals surface area contributed by atoms with Crippen LogP contribution in [0.15, 0.2) is 0 Å². The van der Waals surface area contributed by atoms with Gasteiger partial charge in [0, 0.05) is 13.1 Å². The van der Waals surface area contributed by atoms with Gasteiger partial charge >= 0.3 is 0 Å². The number of carbonyl (C=O) groups excluding carboxylic acids is 1. The van der Waals surface area contributed by atoms with Gasteiger partial charge in [-0.15, -0.1) is 0 Å². The lowest BCUT2D eigenvalue weighted by molar-refractivity contribution is -0.122. The van der Waals surface area contributed by atoms with E-state index in [0.29, 0.717) is 12.5 Å². The molecule has 0 aromatic heterocycles. The lowest BCUT2D eigenvalue weighted by Crippen LogP contribution is -2.46. The maximum absolute atomic E-state index is 11.5. The fourth-order valence-electron chi connectivity index (χ4n) is 1.04. The van der Waals surface area contributed by atoms with Crippen LogP contribution < -0.4 is 10.6 Å². The molecule has 1 amide bonds. The molecule has 0 bridgehead atoms. The summed E-state index contributed by atoms with van der Waals surface area (Å²) < 4.78 is 0. The number of nitrogens with one attached hydrogen (secondary N) is 2. The van der Waals surface area contributed by atoms with E-state index < -0.39 is 0 Å². The summed E-state index contributed by atoms with van der Waals surface area (Å²) in [4.78, 5) is 11.5. The minimum Gasteiger partial charge on any atom is -0.355 e. The third kappa shape index (κ3) is 5.17. The van der Waals surface area contributed by atoms with Gasteiger partial charge in [0.25, 0.3) is 0 Å². The van der Waals surface area contributed by atoms with E-state index in [1.807, 2.05) is 13.8 Å². The van der Waals surface area contributed by atoms with Gasteiger partial charge in [-0.2, -0.15) is 0 Å². The molecule has 0 spiro atoms. The monoisotopic (exact) mass is 214 g/mol. The molecular formula is C12H26N2O. The van der Waals surface area contributed by atoms with E-state index >= 15 is 0 Å². The molecule has 0 aliphatic carbocycles. The van der Waals surface area contributed by atoms with Crippen LogP contribution in [0.3, 0.4) is 0 Å². The van der Waals surface area contributed by atoms with Crippen LogP contribution in [-0.2, 0) is 4.79 Å². The largest absolute Gasteiger partial charge is 0.355 e. The van der Waals surface area contributed by atoms with Crippen LogP contribution in [0.4, 0.5) is 0 Å². The van der Waals surface area contributed by atoms with Crippen molar-refractivity contribution in [2.75, 3.05) is 13.1 Å². The van der Waals surface area contributed by atoms with Crippen molar-refractivity contribution in [3.05, 3.63) is 0 Å². The lowest BCUT2D eigenvalue weighted by Gasteiger charge is -2.30. The highest BCUT2D eigenvalue weighted by Gasteiger charge is 2.23. The first-order valence-corrected chi connectivity index (χ1v) is 5.82. The highest BCUT2D eigenvalue weighted by molar-refractivity contribution is 5.81. The molecule has 0 aromatic rings. The van der Waals surface area contributed by atoms with Crippen molar-refractivity contribution in [1.82, 2.24) is 10.6 Å². The molecule has 0 saturated heterocycles. The van der Waals surface area contributed by atoms with Crippen LogP contribution in [0.5, 0.6) is 0 Å². The Morgan fingerprint density at radius 1 is 1.27 bits per heavy atom. The predicted molar refractivity (Wildman–Crippen MR) is 64.8 cm³/mol. The number of carbonyl (C=O) groups is 1. The second-order valence-electron chi connectivity index (χ2n) is 5.14. The van der Waals surface area contributed by atoms with Gasteiger partial charge in [0.05, 0.1) is 6.04 Å². The predicted octanol–water partition coefficient (Wildman–Crippen LogP) is 1.78. The number of rotatable bonds is 6. The Hall–Kier alpha value is -0.570. The number of amides is 1. The summed E-state index contributed by atoms with van der Waals surface area (Å²) in [6, 6.07) is -0.108. The highest BCUT2D eigenvalue weighted by atomic mass is 16.2. The van der Waals surface area contributed by atoms with Gasteiger partial charge in [-0.05, 0) is 25.2 Å². The molecule has 0 rings (SSSR count). The van der Waals surface area contributed by atoms with Crippen molar-refractivity contribution in [1.29, 1.82) is 0 Å². The minimum absolute atomic E-state index is 0.0806. The molecule has 3 heteroatoms. The van der Waals surface area contributed by atoms with Crippen LogP contribution in [0.25, 0.3) is 0 Å². The number of likely N-dealkylation sites (N-methyl/N-ethyl adjacent to an activating group) is 1. The molecule has 1 atom stereocenters. The van der Waals surface area contributed by atoms with Crippen LogP contribution in [0, 0.1) is 11.3 Å². The molecule has 2 N–H and O–H groups in total. The van der Waals surface area contributed by atoms with E-state index in [1.165, 1.54) is 0 Å². The smallest absolute Gasteiger partial charge is 0.236 e. The van der Waals surface area contributed by atoms with E-state index in [-0.39, 0.29) is 17.4 Å². The Morgan fingerprint density at radius 2 is 1.80 bits per heavy atom. The molecule has 3 nitrogen and oxygen atoms in total. The normalized spacial score (nSPS) is 14.1. The van der Waals surface area contributed by atoms with Crippen LogP contribution in [-0.4, -0.2) is 25.0 Å². The van der Waals surface area contributed by atoms with E-state index in [1.54, 1.807) is 0 Å². The van der Waals surface area contributed by atoms with E-state index in [2.05, 4.69) is 38.3 Å². The summed E-state index contributed by atoms with van der Waals surface area (Å²) in [6.07, 6.45) is 0. The number of hydrogen-bond donors (Lipinski definition) is 2. The fourth-order valence-corrected chi connectivity index (χ4v) is 1.04. The third-order valence-electron chi connectivity index (χ3n) is 3.17. The summed E-state index contributed by atoms with van der Waals surface area (Å²) in [5, 5.41) is 6.09. The van der Waals surface area contributed by atoms with Gasteiger partial charge in [0.15, 0.2) is 0 Å². The maximum atomic E-state index is 11.5. The molecule has 90 valence electrons. The van der Waals surface area contributed by atoms with Gasteiger partial charge in [0.2, 0.25) is 5.91 Å². The lowest BCUT2D eigenvalue weighted by atomic mass is 9.81. The topological polar surface area (TPSA) is 41.1 Å². The highest BCUT2D eigenvalue weighted by Crippen LogP contribution is 2.24. The van der Waals surface area contributed by atoms with Crippen molar-refractivity contribution >= 4 is 5.91 Å². The molecular weight excluding hydrogens is 188 g/mol. The molecule has 0 saturated carbocycles. The van der Waals surface area contributed by atoms with Crippen molar-refractivity contribution in [2.45, 2.75) is 47.6 Å². The van der Waals surface area contributed by atoms with Crippen molar-refractivity contribution in [3.8, 4) is 0 Å². The Labute approximate surface area is 94.0 Å². The van der Waals surface area contributed by atoms with Crippen molar-refractivity contribution in [2.24, 2.45) is 11.3 Å². The standard InChI is InChI=1S/C12H26N2O/c1-7-13-11(15)10(4)14-8-12(5,6)9(2)3/h9-10,14H,7-8H2,1-6H3,(H,13,15). The maximum Gasteiger partial charge on any atom is 0.236 e. The number of hydrogen-bond acceptors (Lipinski definition) is 2. The molecule has 0 aliphatic rings. The zero-order chi connectivity index (χ0) is 12.1. The molecule has 1 unspecified atom stereocenters. The summed E-state index contributed by atoms with van der Waals surface area (Å²) in [7, 11) is 0. The molecule has 0 radical (unpaired) electrons. The minimum atomic E-state index is -0.108. The van der Waals surface area contributed by atoms with E-state index in [9.17, 15) is 4.79 Å². The zero-order valence-electron chi connectivity index (χ0n) is 11.0. The van der Waals surface area contributed by atoms with Crippen LogP contribution in [0.2, 0.25) is 0 Å². The molecule has 0 heterocycles. The van der Waals surface area contributed by atoms with Crippen molar-refractivity contribution < 1.29 is 4.79 Å². The summed E-state index contributed by atoms with van der Waals surface area (Å²) in [5.74, 6) is 0.684. The first-order valence-electron chi connectivity index (χ1n) is 5.82.